The summed E-state index contributed by atoms with van der Waals surface area (Å²) in [5.41, 5.74) is 9.24. The van der Waals surface area contributed by atoms with Crippen LogP contribution in [0.15, 0.2) is 22.7 Å². The van der Waals surface area contributed by atoms with Gasteiger partial charge in [-0.15, -0.1) is 0 Å². The molecule has 1 heterocycles. The third kappa shape index (κ3) is 3.17. The molecule has 18 heavy (non-hydrogen) atoms. The van der Waals surface area contributed by atoms with E-state index in [0.29, 0.717) is 18.9 Å². The Labute approximate surface area is 107 Å². The lowest BCUT2D eigenvalue weighted by Gasteiger charge is -2.02. The van der Waals surface area contributed by atoms with Crippen LogP contribution >= 0.6 is 0 Å². The maximum atomic E-state index is 5.45. The van der Waals surface area contributed by atoms with Gasteiger partial charge in [-0.3, -0.25) is 0 Å². The van der Waals surface area contributed by atoms with Crippen molar-refractivity contribution in [2.24, 2.45) is 5.73 Å². The molecule has 0 aliphatic heterocycles. The van der Waals surface area contributed by atoms with Crippen molar-refractivity contribution in [3.63, 3.8) is 0 Å². The SMILES string of the molecule is Cc1ccc(Cc2nc(CCCN)no2)cc1C. The van der Waals surface area contributed by atoms with Crippen LogP contribution in [0.2, 0.25) is 0 Å². The van der Waals surface area contributed by atoms with E-state index in [1.807, 2.05) is 0 Å². The largest absolute Gasteiger partial charge is 0.339 e. The smallest absolute Gasteiger partial charge is 0.231 e. The third-order valence-corrected chi connectivity index (χ3v) is 3.04. The van der Waals surface area contributed by atoms with E-state index in [0.717, 1.165) is 18.7 Å². The van der Waals surface area contributed by atoms with Crippen LogP contribution in [0.5, 0.6) is 0 Å². The minimum atomic E-state index is 0.654. The van der Waals surface area contributed by atoms with Crippen molar-refractivity contribution in [1.29, 1.82) is 0 Å². The summed E-state index contributed by atoms with van der Waals surface area (Å²) in [6.45, 7) is 4.87. The van der Waals surface area contributed by atoms with E-state index in [1.165, 1.54) is 16.7 Å². The molecular weight excluding hydrogens is 226 g/mol. The fraction of sp³-hybridized carbons (Fsp3) is 0.429. The van der Waals surface area contributed by atoms with Crippen molar-refractivity contribution in [2.45, 2.75) is 33.1 Å². The molecule has 0 aliphatic carbocycles. The lowest BCUT2D eigenvalue weighted by atomic mass is 10.0. The van der Waals surface area contributed by atoms with Crippen LogP contribution < -0.4 is 5.73 Å². The molecule has 0 saturated carbocycles. The number of hydrogen-bond acceptors (Lipinski definition) is 4. The van der Waals surface area contributed by atoms with Crippen molar-refractivity contribution >= 4 is 0 Å². The van der Waals surface area contributed by atoms with Crippen molar-refractivity contribution in [3.05, 3.63) is 46.6 Å². The van der Waals surface area contributed by atoms with Gasteiger partial charge in [0.2, 0.25) is 5.89 Å². The first-order valence-electron chi connectivity index (χ1n) is 6.26. The van der Waals surface area contributed by atoms with Crippen molar-refractivity contribution in [2.75, 3.05) is 6.54 Å². The molecule has 2 aromatic rings. The zero-order chi connectivity index (χ0) is 13.0. The molecule has 0 fully saturated rings. The summed E-state index contributed by atoms with van der Waals surface area (Å²) in [4.78, 5) is 4.36. The van der Waals surface area contributed by atoms with E-state index in [4.69, 9.17) is 10.3 Å². The Morgan fingerprint density at radius 3 is 2.78 bits per heavy atom. The maximum Gasteiger partial charge on any atom is 0.231 e. The fourth-order valence-electron chi connectivity index (χ4n) is 1.81. The number of nitrogens with zero attached hydrogens (tertiary/aromatic N) is 2. The number of benzene rings is 1. The van der Waals surface area contributed by atoms with Crippen LogP contribution in [0.25, 0.3) is 0 Å². The molecule has 0 bridgehead atoms. The van der Waals surface area contributed by atoms with E-state index >= 15 is 0 Å². The molecule has 0 spiro atoms. The van der Waals surface area contributed by atoms with E-state index in [2.05, 4.69) is 42.2 Å². The van der Waals surface area contributed by atoms with Crippen LogP contribution in [0.4, 0.5) is 0 Å². The Hall–Kier alpha value is -1.68. The average molecular weight is 245 g/mol. The summed E-state index contributed by atoms with van der Waals surface area (Å²) in [6.07, 6.45) is 2.37. The second-order valence-corrected chi connectivity index (χ2v) is 4.59. The van der Waals surface area contributed by atoms with Crippen LogP contribution in [0.1, 0.15) is 34.8 Å². The zero-order valence-corrected chi connectivity index (χ0v) is 10.9. The zero-order valence-electron chi connectivity index (χ0n) is 10.9. The second-order valence-electron chi connectivity index (χ2n) is 4.59. The second kappa shape index (κ2) is 5.78. The first kappa shape index (κ1) is 12.8. The van der Waals surface area contributed by atoms with Gasteiger partial charge in [-0.05, 0) is 43.5 Å². The van der Waals surface area contributed by atoms with Gasteiger partial charge in [-0.2, -0.15) is 4.98 Å². The summed E-state index contributed by atoms with van der Waals surface area (Å²) in [5.74, 6) is 1.42. The van der Waals surface area contributed by atoms with E-state index in [-0.39, 0.29) is 0 Å². The summed E-state index contributed by atoms with van der Waals surface area (Å²) < 4.78 is 5.23. The first-order valence-corrected chi connectivity index (χ1v) is 6.26. The number of aryl methyl sites for hydroxylation is 3. The molecular formula is C14H19N3O. The molecule has 2 N–H and O–H groups in total. The highest BCUT2D eigenvalue weighted by Gasteiger charge is 2.07. The van der Waals surface area contributed by atoms with Gasteiger partial charge in [-0.25, -0.2) is 0 Å². The van der Waals surface area contributed by atoms with Gasteiger partial charge in [0.1, 0.15) is 0 Å². The van der Waals surface area contributed by atoms with Crippen LogP contribution in [-0.2, 0) is 12.8 Å². The number of nitrogens with two attached hydrogens (primary N) is 1. The van der Waals surface area contributed by atoms with Crippen molar-refractivity contribution in [3.8, 4) is 0 Å². The van der Waals surface area contributed by atoms with Crippen LogP contribution in [0, 0.1) is 13.8 Å². The molecule has 4 heteroatoms. The highest BCUT2D eigenvalue weighted by atomic mass is 16.5. The molecule has 0 aliphatic rings. The normalized spacial score (nSPS) is 10.8. The van der Waals surface area contributed by atoms with Gasteiger partial charge >= 0.3 is 0 Å². The summed E-state index contributed by atoms with van der Waals surface area (Å²) >= 11 is 0. The molecule has 0 amide bonds. The van der Waals surface area contributed by atoms with E-state index in [1.54, 1.807) is 0 Å². The molecule has 1 aromatic carbocycles. The minimum Gasteiger partial charge on any atom is -0.339 e. The Bertz CT molecular complexity index is 520. The fourth-order valence-corrected chi connectivity index (χ4v) is 1.81. The standard InChI is InChI=1S/C14H19N3O/c1-10-5-6-12(8-11(10)2)9-14-16-13(17-18-14)4-3-7-15/h5-6,8H,3-4,7,9,15H2,1-2H3. The minimum absolute atomic E-state index is 0.654. The predicted molar refractivity (Wildman–Crippen MR) is 70.4 cm³/mol. The topological polar surface area (TPSA) is 64.9 Å². The molecule has 0 saturated heterocycles. The Morgan fingerprint density at radius 1 is 1.22 bits per heavy atom. The molecule has 96 valence electrons. The summed E-state index contributed by atoms with van der Waals surface area (Å²) in [5, 5.41) is 3.95. The van der Waals surface area contributed by atoms with Gasteiger partial charge in [0.25, 0.3) is 0 Å². The average Bonchev–Trinajstić information content (AvgIpc) is 2.79. The number of rotatable bonds is 5. The van der Waals surface area contributed by atoms with Gasteiger partial charge in [-0.1, -0.05) is 23.4 Å². The molecule has 2 rings (SSSR count). The highest BCUT2D eigenvalue weighted by Crippen LogP contribution is 2.13. The molecule has 0 radical (unpaired) electrons. The lowest BCUT2D eigenvalue weighted by molar-refractivity contribution is 0.379. The van der Waals surface area contributed by atoms with Crippen LogP contribution in [0.3, 0.4) is 0 Å². The van der Waals surface area contributed by atoms with Gasteiger partial charge in [0.15, 0.2) is 5.82 Å². The third-order valence-electron chi connectivity index (χ3n) is 3.04. The predicted octanol–water partition coefficient (Wildman–Crippen LogP) is 2.17. The van der Waals surface area contributed by atoms with Gasteiger partial charge in [0, 0.05) is 6.42 Å². The Balaban J connectivity index is 2.04. The van der Waals surface area contributed by atoms with Gasteiger partial charge < -0.3 is 10.3 Å². The monoisotopic (exact) mass is 245 g/mol. The summed E-state index contributed by atoms with van der Waals surface area (Å²) in [7, 11) is 0. The molecule has 1 aromatic heterocycles. The highest BCUT2D eigenvalue weighted by molar-refractivity contribution is 5.31. The maximum absolute atomic E-state index is 5.45. The molecule has 0 unspecified atom stereocenters. The first-order chi connectivity index (χ1) is 8.69. The molecule has 4 nitrogen and oxygen atoms in total. The number of hydrogen-bond donors (Lipinski definition) is 1. The van der Waals surface area contributed by atoms with Crippen LogP contribution in [-0.4, -0.2) is 16.7 Å². The van der Waals surface area contributed by atoms with Crippen molar-refractivity contribution < 1.29 is 4.52 Å². The quantitative estimate of drug-likeness (QED) is 0.876. The Morgan fingerprint density at radius 2 is 2.06 bits per heavy atom. The lowest BCUT2D eigenvalue weighted by Crippen LogP contribution is -2.01. The number of aromatic nitrogens is 2. The Kier molecular flexibility index (Phi) is 4.10. The summed E-state index contributed by atoms with van der Waals surface area (Å²) in [6, 6.07) is 6.39. The van der Waals surface area contributed by atoms with Crippen molar-refractivity contribution in [1.82, 2.24) is 10.1 Å². The van der Waals surface area contributed by atoms with E-state index < -0.39 is 0 Å². The van der Waals surface area contributed by atoms with E-state index in [9.17, 15) is 0 Å². The molecule has 0 atom stereocenters. The van der Waals surface area contributed by atoms with Gasteiger partial charge in [0.05, 0.1) is 6.42 Å².